The lowest BCUT2D eigenvalue weighted by molar-refractivity contribution is -0.343. The summed E-state index contributed by atoms with van der Waals surface area (Å²) in [5.74, 6) is 0. The van der Waals surface area contributed by atoms with E-state index in [2.05, 4.69) is 16.0 Å². The lowest BCUT2D eigenvalue weighted by Crippen LogP contribution is -2.70. The molecule has 1 saturated carbocycles. The van der Waals surface area contributed by atoms with Gasteiger partial charge in [-0.25, -0.2) is 24.0 Å². The van der Waals surface area contributed by atoms with Gasteiger partial charge >= 0.3 is 30.5 Å². The number of benzene rings is 6. The molecule has 8 aliphatic rings. The van der Waals surface area contributed by atoms with Crippen molar-refractivity contribution in [3.05, 3.63) is 215 Å². The molecule has 7 saturated heterocycles. The number of aliphatic hydroxyl groups excluding tert-OH is 3. The van der Waals surface area contributed by atoms with Crippen LogP contribution in [0.2, 0.25) is 0 Å². The van der Waals surface area contributed by atoms with Crippen molar-refractivity contribution < 1.29 is 125 Å². The molecule has 119 heavy (non-hydrogen) atoms. The molecule has 0 radical (unpaired) electrons. The Labute approximate surface area is 690 Å². The fourth-order valence-corrected chi connectivity index (χ4v) is 15.9. The van der Waals surface area contributed by atoms with E-state index in [1.165, 1.54) is 9.80 Å². The van der Waals surface area contributed by atoms with E-state index in [1.807, 2.05) is 84.9 Å². The van der Waals surface area contributed by atoms with Gasteiger partial charge in [0.15, 0.2) is 44.0 Å². The first kappa shape index (κ1) is 86.4. The third kappa shape index (κ3) is 24.0. The summed E-state index contributed by atoms with van der Waals surface area (Å²) in [5.41, 5.74) is 11.0. The van der Waals surface area contributed by atoms with E-state index in [4.69, 9.17) is 91.0 Å². The maximum absolute atomic E-state index is 14.7. The largest absolute Gasteiger partial charge is 0.445 e. The molecule has 0 spiro atoms. The highest BCUT2D eigenvalue weighted by atomic mass is 16.8. The van der Waals surface area contributed by atoms with Crippen molar-refractivity contribution >= 4 is 30.5 Å². The zero-order chi connectivity index (χ0) is 82.2. The number of carbonyl (C=O) groups excluding carboxylic acids is 5. The highest BCUT2D eigenvalue weighted by Crippen LogP contribution is 2.42. The molecule has 7 heterocycles. The monoisotopic (exact) mass is 1650 g/mol. The molecule has 642 valence electrons. The predicted molar refractivity (Wildman–Crippen MR) is 420 cm³/mol. The number of hydrogen-bond acceptors (Lipinski definition) is 27. The number of fused-ring (bicyclic) bond motifs is 1. The van der Waals surface area contributed by atoms with Crippen LogP contribution in [0.3, 0.4) is 0 Å². The van der Waals surface area contributed by atoms with E-state index in [-0.39, 0.29) is 72.1 Å². The number of nitrogens with one attached hydrogen (secondary N) is 3. The highest BCUT2D eigenvalue weighted by molar-refractivity contribution is 5.70. The van der Waals surface area contributed by atoms with Gasteiger partial charge in [-0.15, -0.1) is 0 Å². The van der Waals surface area contributed by atoms with E-state index in [0.29, 0.717) is 61.3 Å². The van der Waals surface area contributed by atoms with Crippen molar-refractivity contribution in [1.82, 2.24) is 25.8 Å². The molecule has 6 aromatic carbocycles. The van der Waals surface area contributed by atoms with Crippen LogP contribution in [0.1, 0.15) is 110 Å². The number of nitrogens with two attached hydrogens (primary N) is 1. The number of rotatable bonds is 31. The maximum Gasteiger partial charge on any atom is 0.412 e. The second-order valence-electron chi connectivity index (χ2n) is 30.7. The normalized spacial score (nSPS) is 30.8. The van der Waals surface area contributed by atoms with Crippen molar-refractivity contribution in [2.24, 2.45) is 5.73 Å². The van der Waals surface area contributed by atoms with E-state index in [9.17, 15) is 39.3 Å². The summed E-state index contributed by atoms with van der Waals surface area (Å²) in [6.07, 6.45) is -22.5. The van der Waals surface area contributed by atoms with Crippen molar-refractivity contribution in [3.63, 3.8) is 0 Å². The van der Waals surface area contributed by atoms with Crippen LogP contribution in [0.5, 0.6) is 0 Å². The number of nitrogens with zero attached hydrogens (tertiary/aromatic N) is 2. The molecule has 6 aromatic rings. The van der Waals surface area contributed by atoms with Crippen LogP contribution in [0.4, 0.5) is 24.0 Å². The summed E-state index contributed by atoms with van der Waals surface area (Å²) in [7, 11) is 0. The number of carbonyl (C=O) groups is 5. The van der Waals surface area contributed by atoms with Gasteiger partial charge in [0.05, 0.1) is 50.6 Å². The van der Waals surface area contributed by atoms with Gasteiger partial charge in [0.2, 0.25) is 0 Å². The van der Waals surface area contributed by atoms with Crippen molar-refractivity contribution in [1.29, 1.82) is 0 Å². The van der Waals surface area contributed by atoms with Gasteiger partial charge in [0.25, 0.3) is 0 Å². The van der Waals surface area contributed by atoms with Crippen molar-refractivity contribution in [3.8, 4) is 0 Å². The lowest BCUT2D eigenvalue weighted by atomic mass is 9.83. The Morgan fingerprint density at radius 1 is 0.462 bits per heavy atom. The number of aliphatic hydroxyl groups is 3. The minimum atomic E-state index is -1.95. The van der Waals surface area contributed by atoms with Crippen LogP contribution in [-0.2, 0) is 118 Å². The minimum absolute atomic E-state index is 0.0214. The van der Waals surface area contributed by atoms with Gasteiger partial charge < -0.3 is 127 Å². The van der Waals surface area contributed by atoms with E-state index in [1.54, 1.807) is 97.1 Å². The lowest BCUT2D eigenvalue weighted by Gasteiger charge is -2.52. The molecular weight excluding hydrogens is 1540 g/mol. The standard InChI is InChI=1S/C87H108N6O26/c88-61-45-62(89-83(97)106-50-55-25-7-1-8-26-55)74(117-80-63(90-84(98)107-51-56-27-9-2-10-28-56)46-64(111-69-38-20-23-42-103-69)65(112-80)47-92(40-44-105-68-37-19-22-41-102-68)86(100)109-53-58-31-13-4-14-32-58)78(72(61)95)119-82-73(96)75(67(49-94)114-82)118-81-71(91-85(99)108-52-57-29-11-3-12-30-57)77(115-70-39-21-24-43-104-70)76-66(113-81)48-93(79(116-76)60-35-17-6-18-36-60)87(101)110-54-59-33-15-5-16-34-59/h1-18,25-36,61-82,94-96H,19-24,37-54,88H2,(H,89,97)(H,90,98)(H,91,99)/t61-,62+,63-,64+,65-,66+,67-,68?,69?,70?,71-,72+,73-,74-,75-,76-,77-,78-,79?,80-,81-,82+/m1/s1. The summed E-state index contributed by atoms with van der Waals surface area (Å²) in [5, 5.41) is 46.1. The second kappa shape index (κ2) is 43.5. The molecule has 0 aromatic heterocycles. The fraction of sp³-hybridized carbons (Fsp3) is 0.529. The van der Waals surface area contributed by atoms with E-state index in [0.717, 1.165) is 49.7 Å². The number of amides is 5. The van der Waals surface area contributed by atoms with Crippen LogP contribution in [0, 0.1) is 0 Å². The molecule has 8 N–H and O–H groups in total. The predicted octanol–water partition coefficient (Wildman–Crippen LogP) is 8.78. The van der Waals surface area contributed by atoms with Crippen LogP contribution >= 0.6 is 0 Å². The highest BCUT2D eigenvalue weighted by Gasteiger charge is 2.59. The summed E-state index contributed by atoms with van der Waals surface area (Å²) >= 11 is 0. The van der Waals surface area contributed by atoms with Gasteiger partial charge in [0, 0.05) is 44.4 Å². The summed E-state index contributed by atoms with van der Waals surface area (Å²) in [4.78, 5) is 75.6. The molecule has 5 amide bonds. The Morgan fingerprint density at radius 2 is 0.941 bits per heavy atom. The molecule has 0 bridgehead atoms. The quantitative estimate of drug-likeness (QED) is 0.0200. The van der Waals surface area contributed by atoms with Crippen LogP contribution in [0.25, 0.3) is 0 Å². The SMILES string of the molecule is N[C@@H]1C[C@H](NC(=O)OCc2ccccc2)[C@@H](O[C@H]2O[C@H](CN(CCOC3CCCCO3)C(=O)OCc3ccccc3)[C@@H](OC3CCCCO3)C[C@H]2NC(=O)OCc2ccccc2)[C@H](O[C@@H]2O[C@H](CO)[C@@H](O[C@H]3O[C@H]4CN(C(=O)OCc5ccccc5)C(c5ccccc5)O[C@H]4[C@H](OC4CCCCO4)[C@H]3NC(=O)OCc3ccccc3)[C@H]2O)[C@H]1O. The number of hydrogen-bond donors (Lipinski definition) is 7. The van der Waals surface area contributed by atoms with Gasteiger partial charge in [-0.05, 0) is 92.0 Å². The van der Waals surface area contributed by atoms with Crippen LogP contribution in [0.15, 0.2) is 182 Å². The average Bonchev–Trinajstić information content (AvgIpc) is 0.949. The van der Waals surface area contributed by atoms with Crippen LogP contribution in [-0.4, -0.2) is 237 Å². The van der Waals surface area contributed by atoms with E-state index < -0.39 is 172 Å². The Hall–Kier alpha value is -9.01. The molecule has 32 heteroatoms. The van der Waals surface area contributed by atoms with Gasteiger partial charge in [0.1, 0.15) is 94.0 Å². The van der Waals surface area contributed by atoms with Crippen LogP contribution < -0.4 is 21.7 Å². The Bertz CT molecular complexity index is 4070. The third-order valence-corrected chi connectivity index (χ3v) is 22.1. The molecule has 32 nitrogen and oxygen atoms in total. The smallest absolute Gasteiger partial charge is 0.412 e. The molecule has 4 unspecified atom stereocenters. The van der Waals surface area contributed by atoms with E-state index >= 15 is 0 Å². The fourth-order valence-electron chi connectivity index (χ4n) is 15.9. The first-order chi connectivity index (χ1) is 58.2. The number of alkyl carbamates (subject to hydrolysis) is 3. The maximum atomic E-state index is 14.7. The molecule has 8 fully saturated rings. The van der Waals surface area contributed by atoms with Gasteiger partial charge in [-0.3, -0.25) is 4.90 Å². The summed E-state index contributed by atoms with van der Waals surface area (Å²) in [6.45, 7) is -0.699. The Kier molecular flexibility index (Phi) is 31.6. The molecule has 1 aliphatic carbocycles. The minimum Gasteiger partial charge on any atom is -0.445 e. The second-order valence-corrected chi connectivity index (χ2v) is 30.7. The first-order valence-corrected chi connectivity index (χ1v) is 41.2. The molecule has 7 aliphatic heterocycles. The third-order valence-electron chi connectivity index (χ3n) is 22.1. The Morgan fingerprint density at radius 3 is 1.48 bits per heavy atom. The first-order valence-electron chi connectivity index (χ1n) is 41.2. The molecule has 22 atom stereocenters. The zero-order valence-electron chi connectivity index (χ0n) is 66.2. The molecule has 14 rings (SSSR count). The summed E-state index contributed by atoms with van der Waals surface area (Å²) < 4.78 is 117. The van der Waals surface area contributed by atoms with Gasteiger partial charge in [-0.1, -0.05) is 182 Å². The topological polar surface area (TPSA) is 381 Å². The molecular formula is C87H108N6O26. The van der Waals surface area contributed by atoms with Crippen molar-refractivity contribution in [2.75, 3.05) is 52.7 Å². The van der Waals surface area contributed by atoms with Gasteiger partial charge in [-0.2, -0.15) is 0 Å². The average molecular weight is 1650 g/mol. The zero-order valence-corrected chi connectivity index (χ0v) is 66.2. The number of ether oxygens (including phenoxy) is 18. The summed E-state index contributed by atoms with van der Waals surface area (Å²) in [6, 6.07) is 49.1. The Balaban J connectivity index is 0.791. The van der Waals surface area contributed by atoms with Crippen molar-refractivity contribution in [2.45, 2.75) is 239 Å².